The Labute approximate surface area is 193 Å². The van der Waals surface area contributed by atoms with Gasteiger partial charge in [-0.3, -0.25) is 14.6 Å². The van der Waals surface area contributed by atoms with Gasteiger partial charge in [-0.1, -0.05) is 35.9 Å². The lowest BCUT2D eigenvalue weighted by atomic mass is 9.92. The summed E-state index contributed by atoms with van der Waals surface area (Å²) in [6, 6.07) is 21.1. The number of nitrogens with zero attached hydrogens (tertiary/aromatic N) is 2. The molecule has 0 spiro atoms. The second-order valence-electron chi connectivity index (χ2n) is 8.15. The van der Waals surface area contributed by atoms with Crippen LogP contribution in [0.25, 0.3) is 0 Å². The highest BCUT2D eigenvalue weighted by Gasteiger charge is 2.25. The zero-order valence-corrected chi connectivity index (χ0v) is 18.8. The molecule has 6 heteroatoms. The van der Waals surface area contributed by atoms with Crippen molar-refractivity contribution in [2.24, 2.45) is 0 Å². The lowest BCUT2D eigenvalue weighted by Crippen LogP contribution is -2.38. The largest absolute Gasteiger partial charge is 0.339 e. The van der Waals surface area contributed by atoms with Crippen LogP contribution < -0.4 is 5.32 Å². The van der Waals surface area contributed by atoms with Crippen LogP contribution in [0.15, 0.2) is 66.7 Å². The van der Waals surface area contributed by atoms with Gasteiger partial charge in [-0.2, -0.15) is 0 Å². The Morgan fingerprint density at radius 2 is 1.72 bits per heavy atom. The highest BCUT2D eigenvalue weighted by atomic mass is 35.5. The van der Waals surface area contributed by atoms with Crippen LogP contribution in [-0.2, 0) is 11.2 Å². The molecule has 0 atom stereocenters. The zero-order valence-electron chi connectivity index (χ0n) is 18.1. The normalized spacial score (nSPS) is 14.2. The molecule has 1 N–H and O–H groups in total. The van der Waals surface area contributed by atoms with E-state index in [2.05, 4.69) is 17.4 Å². The molecule has 2 aromatic carbocycles. The van der Waals surface area contributed by atoms with E-state index in [-0.39, 0.29) is 11.8 Å². The first-order chi connectivity index (χ1) is 15.5. The molecule has 1 saturated heterocycles. The summed E-state index contributed by atoms with van der Waals surface area (Å²) in [6.45, 7) is 2.87. The molecule has 1 fully saturated rings. The molecule has 0 aliphatic carbocycles. The van der Waals surface area contributed by atoms with E-state index in [1.54, 1.807) is 24.3 Å². The van der Waals surface area contributed by atoms with Gasteiger partial charge in [0.05, 0.1) is 0 Å². The minimum atomic E-state index is -0.129. The number of likely N-dealkylation sites (tertiary alicyclic amines) is 1. The number of anilines is 1. The van der Waals surface area contributed by atoms with Gasteiger partial charge in [0.2, 0.25) is 5.91 Å². The van der Waals surface area contributed by atoms with Crippen molar-refractivity contribution in [2.45, 2.75) is 32.1 Å². The Morgan fingerprint density at radius 3 is 2.41 bits per heavy atom. The summed E-state index contributed by atoms with van der Waals surface area (Å²) in [5, 5.41) is 3.48. The van der Waals surface area contributed by atoms with Crippen LogP contribution in [0, 0.1) is 0 Å². The minimum absolute atomic E-state index is 0.0262. The highest BCUT2D eigenvalue weighted by Crippen LogP contribution is 2.28. The SMILES string of the molecule is CC(=O)Nc1ccc(C(=O)N2CCC(c3cccc(Cc4ccccc4Cl)n3)CC2)cc1. The third-order valence-electron chi connectivity index (χ3n) is 5.81. The third kappa shape index (κ3) is 5.35. The maximum Gasteiger partial charge on any atom is 0.253 e. The maximum absolute atomic E-state index is 12.9. The monoisotopic (exact) mass is 447 g/mol. The first kappa shape index (κ1) is 22.0. The van der Waals surface area contributed by atoms with Crippen molar-refractivity contribution in [1.82, 2.24) is 9.88 Å². The number of pyridine rings is 1. The number of hydrogen-bond donors (Lipinski definition) is 1. The van der Waals surface area contributed by atoms with Gasteiger partial charge in [0.25, 0.3) is 5.91 Å². The molecule has 2 heterocycles. The average molecular weight is 448 g/mol. The molecule has 164 valence electrons. The molecule has 3 aromatic rings. The van der Waals surface area contributed by atoms with E-state index in [9.17, 15) is 9.59 Å². The van der Waals surface area contributed by atoms with Crippen LogP contribution in [-0.4, -0.2) is 34.8 Å². The van der Waals surface area contributed by atoms with Gasteiger partial charge in [0, 0.05) is 60.0 Å². The fourth-order valence-electron chi connectivity index (χ4n) is 4.12. The summed E-state index contributed by atoms with van der Waals surface area (Å²) in [4.78, 5) is 30.8. The van der Waals surface area contributed by atoms with Crippen LogP contribution in [0.3, 0.4) is 0 Å². The number of halogens is 1. The number of rotatable bonds is 5. The smallest absolute Gasteiger partial charge is 0.253 e. The Kier molecular flexibility index (Phi) is 6.86. The molecule has 0 saturated carbocycles. The van der Waals surface area contributed by atoms with E-state index in [0.29, 0.717) is 36.7 Å². The number of nitrogens with one attached hydrogen (secondary N) is 1. The third-order valence-corrected chi connectivity index (χ3v) is 6.18. The predicted octanol–water partition coefficient (Wildman–Crippen LogP) is 5.30. The summed E-state index contributed by atoms with van der Waals surface area (Å²) >= 11 is 6.31. The van der Waals surface area contributed by atoms with Crippen LogP contribution >= 0.6 is 11.6 Å². The highest BCUT2D eigenvalue weighted by molar-refractivity contribution is 6.31. The van der Waals surface area contributed by atoms with Gasteiger partial charge in [0.15, 0.2) is 0 Å². The fraction of sp³-hybridized carbons (Fsp3) is 0.269. The van der Waals surface area contributed by atoms with Gasteiger partial charge < -0.3 is 10.2 Å². The molecule has 5 nitrogen and oxygen atoms in total. The molecule has 0 unspecified atom stereocenters. The number of benzene rings is 2. The summed E-state index contributed by atoms with van der Waals surface area (Å²) < 4.78 is 0. The Bertz CT molecular complexity index is 1110. The Hall–Kier alpha value is -3.18. The zero-order chi connectivity index (χ0) is 22.5. The van der Waals surface area contributed by atoms with Gasteiger partial charge in [-0.05, 0) is 60.9 Å². The second-order valence-corrected chi connectivity index (χ2v) is 8.55. The first-order valence-corrected chi connectivity index (χ1v) is 11.2. The topological polar surface area (TPSA) is 62.3 Å². The lowest BCUT2D eigenvalue weighted by Gasteiger charge is -2.32. The number of carbonyl (C=O) groups is 2. The summed E-state index contributed by atoms with van der Waals surface area (Å²) in [5.74, 6) is 0.237. The van der Waals surface area contributed by atoms with Crippen molar-refractivity contribution < 1.29 is 9.59 Å². The van der Waals surface area contributed by atoms with E-state index in [0.717, 1.165) is 34.8 Å². The van der Waals surface area contributed by atoms with Crippen LogP contribution in [0.2, 0.25) is 5.02 Å². The van der Waals surface area contributed by atoms with Crippen molar-refractivity contribution >= 4 is 29.1 Å². The average Bonchev–Trinajstić information content (AvgIpc) is 2.81. The second kappa shape index (κ2) is 9.96. The fourth-order valence-corrected chi connectivity index (χ4v) is 4.32. The lowest BCUT2D eigenvalue weighted by molar-refractivity contribution is -0.114. The number of carbonyl (C=O) groups excluding carboxylic acids is 2. The standard InChI is InChI=1S/C26H26ClN3O2/c1-18(31)28-22-11-9-20(10-12-22)26(32)30-15-13-19(14-16-30)25-8-4-6-23(29-25)17-21-5-2-3-7-24(21)27/h2-12,19H,13-17H2,1H3,(H,28,31). The summed E-state index contributed by atoms with van der Waals surface area (Å²) in [5.41, 5.74) is 4.49. The Morgan fingerprint density at radius 1 is 1.00 bits per heavy atom. The van der Waals surface area contributed by atoms with Crippen LogP contribution in [0.1, 0.15) is 53.0 Å². The van der Waals surface area contributed by atoms with Gasteiger partial charge >= 0.3 is 0 Å². The summed E-state index contributed by atoms with van der Waals surface area (Å²) in [6.07, 6.45) is 2.48. The van der Waals surface area contributed by atoms with Crippen molar-refractivity contribution in [2.75, 3.05) is 18.4 Å². The van der Waals surface area contributed by atoms with Crippen LogP contribution in [0.4, 0.5) is 5.69 Å². The van der Waals surface area contributed by atoms with E-state index < -0.39 is 0 Å². The van der Waals surface area contributed by atoms with Crippen molar-refractivity contribution in [3.05, 3.63) is 94.3 Å². The number of amides is 2. The quantitative estimate of drug-likeness (QED) is 0.577. The van der Waals surface area contributed by atoms with Crippen LogP contribution in [0.5, 0.6) is 0 Å². The molecule has 0 bridgehead atoms. The Balaban J connectivity index is 1.37. The molecule has 32 heavy (non-hydrogen) atoms. The number of aromatic nitrogens is 1. The van der Waals surface area contributed by atoms with Gasteiger partial charge in [-0.25, -0.2) is 0 Å². The van der Waals surface area contributed by atoms with Crippen molar-refractivity contribution in [3.63, 3.8) is 0 Å². The number of hydrogen-bond acceptors (Lipinski definition) is 3. The molecule has 1 aliphatic heterocycles. The molecule has 2 amide bonds. The molecule has 4 rings (SSSR count). The van der Waals surface area contributed by atoms with Gasteiger partial charge in [-0.15, -0.1) is 0 Å². The van der Waals surface area contributed by atoms with E-state index in [4.69, 9.17) is 16.6 Å². The maximum atomic E-state index is 12.9. The molecular formula is C26H26ClN3O2. The van der Waals surface area contributed by atoms with E-state index in [1.807, 2.05) is 35.2 Å². The molecule has 0 radical (unpaired) electrons. The van der Waals surface area contributed by atoms with Crippen molar-refractivity contribution in [3.8, 4) is 0 Å². The summed E-state index contributed by atoms with van der Waals surface area (Å²) in [7, 11) is 0. The van der Waals surface area contributed by atoms with Gasteiger partial charge in [0.1, 0.15) is 0 Å². The van der Waals surface area contributed by atoms with Crippen molar-refractivity contribution in [1.29, 1.82) is 0 Å². The molecule has 1 aromatic heterocycles. The van der Waals surface area contributed by atoms with E-state index in [1.165, 1.54) is 6.92 Å². The predicted molar refractivity (Wildman–Crippen MR) is 127 cm³/mol. The minimum Gasteiger partial charge on any atom is -0.339 e. The van der Waals surface area contributed by atoms with E-state index >= 15 is 0 Å². The number of piperidine rings is 1. The molecule has 1 aliphatic rings. The first-order valence-electron chi connectivity index (χ1n) is 10.9. The molecular weight excluding hydrogens is 422 g/mol.